The van der Waals surface area contributed by atoms with E-state index in [9.17, 15) is 15.3 Å². The Labute approximate surface area is 166 Å². The highest BCUT2D eigenvalue weighted by Gasteiger charge is 2.53. The van der Waals surface area contributed by atoms with Crippen LogP contribution in [0.25, 0.3) is 0 Å². The van der Waals surface area contributed by atoms with Crippen molar-refractivity contribution in [2.75, 3.05) is 0 Å². The van der Waals surface area contributed by atoms with Crippen LogP contribution in [0.4, 0.5) is 0 Å². The highest BCUT2D eigenvalue weighted by Crippen LogP contribution is 2.59. The van der Waals surface area contributed by atoms with E-state index < -0.39 is 10.8 Å². The first kappa shape index (κ1) is 18.5. The molecule has 0 heterocycles. The van der Waals surface area contributed by atoms with Gasteiger partial charge in [-0.25, -0.2) is 0 Å². The lowest BCUT2D eigenvalue weighted by molar-refractivity contribution is -0.120. The smallest absolute Gasteiger partial charge is 0.134 e. The van der Waals surface area contributed by atoms with Crippen molar-refractivity contribution in [3.05, 3.63) is 71.8 Å². The Balaban J connectivity index is 1.56. The van der Waals surface area contributed by atoms with E-state index in [2.05, 4.69) is 12.1 Å². The van der Waals surface area contributed by atoms with Crippen molar-refractivity contribution in [3.63, 3.8) is 0 Å². The maximum absolute atomic E-state index is 13.2. The van der Waals surface area contributed by atoms with E-state index in [4.69, 9.17) is 0 Å². The number of Topliss-reactive ketones (excluding diaryl/α,β-unsaturated/α-hetero) is 1. The van der Waals surface area contributed by atoms with Crippen molar-refractivity contribution in [1.82, 2.24) is 0 Å². The molecule has 0 saturated heterocycles. The van der Waals surface area contributed by atoms with Crippen molar-refractivity contribution in [2.45, 2.75) is 50.4 Å². The van der Waals surface area contributed by atoms with Crippen LogP contribution in [0.15, 0.2) is 60.7 Å². The SMILES string of the molecule is N#CC1(C(CC(=O)CC(c2ccccc2)C2(C#N)CC2)c2ccccc2)CC1. The molecule has 0 N–H and O–H groups in total. The first-order valence-corrected chi connectivity index (χ1v) is 10.1. The summed E-state index contributed by atoms with van der Waals surface area (Å²) >= 11 is 0. The van der Waals surface area contributed by atoms with Crippen molar-refractivity contribution in [3.8, 4) is 12.1 Å². The predicted molar refractivity (Wildman–Crippen MR) is 107 cm³/mol. The maximum atomic E-state index is 13.2. The topological polar surface area (TPSA) is 64.7 Å². The summed E-state index contributed by atoms with van der Waals surface area (Å²) in [5.74, 6) is 0.0467. The highest BCUT2D eigenvalue weighted by atomic mass is 16.1. The Hall–Kier alpha value is -2.91. The van der Waals surface area contributed by atoms with E-state index in [0.29, 0.717) is 12.8 Å². The van der Waals surface area contributed by atoms with Crippen LogP contribution < -0.4 is 0 Å². The Morgan fingerprint density at radius 3 is 1.39 bits per heavy atom. The van der Waals surface area contributed by atoms with E-state index in [1.54, 1.807) is 0 Å². The molecule has 2 aliphatic rings. The molecule has 140 valence electrons. The zero-order valence-corrected chi connectivity index (χ0v) is 16.0. The Morgan fingerprint density at radius 1 is 0.750 bits per heavy atom. The number of nitriles is 2. The van der Waals surface area contributed by atoms with Gasteiger partial charge in [0.05, 0.1) is 23.0 Å². The molecule has 0 spiro atoms. The van der Waals surface area contributed by atoms with Gasteiger partial charge in [-0.2, -0.15) is 10.5 Å². The summed E-state index contributed by atoms with van der Waals surface area (Å²) in [7, 11) is 0. The van der Waals surface area contributed by atoms with Gasteiger partial charge in [0, 0.05) is 24.7 Å². The van der Waals surface area contributed by atoms with Gasteiger partial charge < -0.3 is 0 Å². The predicted octanol–water partition coefficient (Wildman–Crippen LogP) is 5.51. The molecular formula is C25H24N2O. The molecule has 2 unspecified atom stereocenters. The second-order valence-corrected chi connectivity index (χ2v) is 8.41. The minimum Gasteiger partial charge on any atom is -0.300 e. The van der Waals surface area contributed by atoms with Gasteiger partial charge in [0.15, 0.2) is 0 Å². The molecule has 2 fully saturated rings. The second kappa shape index (κ2) is 7.25. The number of rotatable bonds is 8. The number of nitrogens with zero attached hydrogens (tertiary/aromatic N) is 2. The molecule has 2 atom stereocenters. The molecule has 0 bridgehead atoms. The third kappa shape index (κ3) is 3.46. The van der Waals surface area contributed by atoms with Crippen molar-refractivity contribution >= 4 is 5.78 Å². The Kier molecular flexibility index (Phi) is 4.78. The molecule has 2 saturated carbocycles. The molecule has 3 heteroatoms. The fourth-order valence-electron chi connectivity index (χ4n) is 4.52. The Morgan fingerprint density at radius 2 is 1.11 bits per heavy atom. The third-order valence-electron chi connectivity index (χ3n) is 6.62. The molecule has 2 aromatic carbocycles. The van der Waals surface area contributed by atoms with Crippen LogP contribution in [0.2, 0.25) is 0 Å². The fourth-order valence-corrected chi connectivity index (χ4v) is 4.52. The summed E-state index contributed by atoms with van der Waals surface area (Å²) in [4.78, 5) is 13.2. The van der Waals surface area contributed by atoms with Crippen LogP contribution in [0.5, 0.6) is 0 Å². The number of carbonyl (C=O) groups is 1. The van der Waals surface area contributed by atoms with Gasteiger partial charge in [0.2, 0.25) is 0 Å². The molecular weight excluding hydrogens is 344 g/mol. The summed E-state index contributed by atoms with van der Waals surface area (Å²) in [6, 6.07) is 24.9. The van der Waals surface area contributed by atoms with E-state index in [1.165, 1.54) is 0 Å². The molecule has 0 aromatic heterocycles. The molecule has 0 aliphatic heterocycles. The van der Waals surface area contributed by atoms with Gasteiger partial charge in [-0.3, -0.25) is 4.79 Å². The monoisotopic (exact) mass is 368 g/mol. The van der Waals surface area contributed by atoms with Crippen LogP contribution in [0.3, 0.4) is 0 Å². The number of hydrogen-bond acceptors (Lipinski definition) is 3. The first-order chi connectivity index (χ1) is 13.6. The van der Waals surface area contributed by atoms with E-state index in [0.717, 1.165) is 36.8 Å². The molecule has 3 nitrogen and oxygen atoms in total. The van der Waals surface area contributed by atoms with E-state index in [-0.39, 0.29) is 17.6 Å². The van der Waals surface area contributed by atoms with Gasteiger partial charge in [-0.1, -0.05) is 60.7 Å². The van der Waals surface area contributed by atoms with Gasteiger partial charge in [0.1, 0.15) is 5.78 Å². The van der Waals surface area contributed by atoms with E-state index >= 15 is 0 Å². The van der Waals surface area contributed by atoms with Crippen molar-refractivity contribution in [2.24, 2.45) is 10.8 Å². The number of benzene rings is 2. The van der Waals surface area contributed by atoms with Gasteiger partial charge >= 0.3 is 0 Å². The lowest BCUT2D eigenvalue weighted by atomic mass is 9.76. The summed E-state index contributed by atoms with van der Waals surface area (Å²) in [6.07, 6.45) is 4.20. The summed E-state index contributed by atoms with van der Waals surface area (Å²) in [5, 5.41) is 19.5. The average molecular weight is 368 g/mol. The summed E-state index contributed by atoms with van der Waals surface area (Å²) < 4.78 is 0. The second-order valence-electron chi connectivity index (χ2n) is 8.41. The van der Waals surface area contributed by atoms with Gasteiger partial charge in [0.25, 0.3) is 0 Å². The van der Waals surface area contributed by atoms with Gasteiger partial charge in [-0.05, 0) is 36.8 Å². The first-order valence-electron chi connectivity index (χ1n) is 10.1. The van der Waals surface area contributed by atoms with Crippen LogP contribution in [-0.2, 0) is 4.79 Å². The van der Waals surface area contributed by atoms with Crippen LogP contribution in [0.1, 0.15) is 61.5 Å². The van der Waals surface area contributed by atoms with Gasteiger partial charge in [-0.15, -0.1) is 0 Å². The Bertz CT molecular complexity index is 851. The fraction of sp³-hybridized carbons (Fsp3) is 0.400. The minimum absolute atomic E-state index is 0.0557. The molecule has 0 radical (unpaired) electrons. The number of ketones is 1. The molecule has 0 amide bonds. The molecule has 4 rings (SSSR count). The van der Waals surface area contributed by atoms with Crippen molar-refractivity contribution in [1.29, 1.82) is 10.5 Å². The summed E-state index contributed by atoms with van der Waals surface area (Å²) in [6.45, 7) is 0. The normalized spacial score (nSPS) is 20.2. The van der Waals surface area contributed by atoms with E-state index in [1.807, 2.05) is 60.7 Å². The summed E-state index contributed by atoms with van der Waals surface area (Å²) in [5.41, 5.74) is 1.36. The van der Waals surface area contributed by atoms with Crippen molar-refractivity contribution < 1.29 is 4.79 Å². The molecule has 2 aliphatic carbocycles. The van der Waals surface area contributed by atoms with Crippen LogP contribution in [0, 0.1) is 33.5 Å². The largest absolute Gasteiger partial charge is 0.300 e. The number of carbonyl (C=O) groups excluding carboxylic acids is 1. The highest BCUT2D eigenvalue weighted by molar-refractivity contribution is 5.81. The minimum atomic E-state index is -0.397. The quantitative estimate of drug-likeness (QED) is 0.617. The maximum Gasteiger partial charge on any atom is 0.134 e. The third-order valence-corrected chi connectivity index (χ3v) is 6.62. The number of hydrogen-bond donors (Lipinski definition) is 0. The average Bonchev–Trinajstić information content (AvgIpc) is 3.67. The lowest BCUT2D eigenvalue weighted by Crippen LogP contribution is -2.21. The van der Waals surface area contributed by atoms with Crippen LogP contribution >= 0.6 is 0 Å². The standard InChI is InChI=1S/C25H24N2O/c26-17-24(11-12-24)22(19-7-3-1-4-8-19)15-21(28)16-23(25(18-27)13-14-25)20-9-5-2-6-10-20/h1-10,22-23H,11-16H2. The lowest BCUT2D eigenvalue weighted by Gasteiger charge is -2.25. The van der Waals surface area contributed by atoms with Crippen LogP contribution in [-0.4, -0.2) is 5.78 Å². The molecule has 28 heavy (non-hydrogen) atoms. The molecule has 2 aromatic rings. The zero-order valence-electron chi connectivity index (χ0n) is 16.0. The zero-order chi connectivity index (χ0) is 19.6.